The molecular weight excluding hydrogens is 312 g/mol. The van der Waals surface area contributed by atoms with Crippen LogP contribution in [-0.2, 0) is 4.79 Å². The van der Waals surface area contributed by atoms with Crippen molar-refractivity contribution in [3.05, 3.63) is 64.2 Å². The molecule has 0 spiro atoms. The van der Waals surface area contributed by atoms with E-state index in [1.54, 1.807) is 18.2 Å². The highest BCUT2D eigenvalue weighted by Gasteiger charge is 2.16. The summed E-state index contributed by atoms with van der Waals surface area (Å²) in [4.78, 5) is 22.5. The van der Waals surface area contributed by atoms with Crippen LogP contribution in [0.25, 0.3) is 6.08 Å². The maximum Gasteiger partial charge on any atom is 0.296 e. The van der Waals surface area contributed by atoms with Crippen molar-refractivity contribution in [3.63, 3.8) is 0 Å². The molecule has 1 N–H and O–H groups in total. The lowest BCUT2D eigenvalue weighted by Gasteiger charge is -2.06. The van der Waals surface area contributed by atoms with E-state index in [1.165, 1.54) is 38.5 Å². The molecule has 0 atom stereocenters. The topological polar surface area (TPSA) is 90.7 Å². The van der Waals surface area contributed by atoms with Gasteiger partial charge in [0.1, 0.15) is 17.2 Å². The van der Waals surface area contributed by atoms with Crippen molar-refractivity contribution in [3.8, 4) is 11.5 Å². The summed E-state index contributed by atoms with van der Waals surface area (Å²) in [6.07, 6.45) is 2.86. The Hall–Kier alpha value is -3.35. The number of para-hydroxylation sites is 1. The summed E-state index contributed by atoms with van der Waals surface area (Å²) in [7, 11) is 2.95. The van der Waals surface area contributed by atoms with Gasteiger partial charge >= 0.3 is 0 Å². The molecule has 0 saturated carbocycles. The Morgan fingerprint density at radius 3 is 2.58 bits per heavy atom. The van der Waals surface area contributed by atoms with E-state index in [2.05, 4.69) is 5.32 Å². The van der Waals surface area contributed by atoms with Gasteiger partial charge in [0.2, 0.25) is 5.91 Å². The van der Waals surface area contributed by atoms with Crippen LogP contribution in [-0.4, -0.2) is 25.1 Å². The molecule has 0 aliphatic heterocycles. The van der Waals surface area contributed by atoms with Gasteiger partial charge in [-0.3, -0.25) is 14.9 Å². The average molecular weight is 328 g/mol. The van der Waals surface area contributed by atoms with Crippen molar-refractivity contribution in [1.29, 1.82) is 0 Å². The first kappa shape index (κ1) is 17.0. The quantitative estimate of drug-likeness (QED) is 0.499. The lowest BCUT2D eigenvalue weighted by molar-refractivity contribution is -0.384. The molecule has 0 fully saturated rings. The van der Waals surface area contributed by atoms with Gasteiger partial charge in [0, 0.05) is 11.6 Å². The Morgan fingerprint density at radius 2 is 1.92 bits per heavy atom. The molecule has 1 amide bonds. The number of nitro groups is 1. The van der Waals surface area contributed by atoms with Crippen LogP contribution >= 0.6 is 0 Å². The number of hydrogen-bond acceptors (Lipinski definition) is 5. The second-order valence-electron chi connectivity index (χ2n) is 4.70. The number of carbonyl (C=O) groups excluding carboxylic acids is 1. The van der Waals surface area contributed by atoms with Crippen molar-refractivity contribution in [1.82, 2.24) is 0 Å². The van der Waals surface area contributed by atoms with Gasteiger partial charge in [-0.25, -0.2) is 0 Å². The molecule has 24 heavy (non-hydrogen) atoms. The first-order valence-corrected chi connectivity index (χ1v) is 6.99. The molecule has 2 aromatic rings. The molecule has 2 aromatic carbocycles. The normalized spacial score (nSPS) is 10.4. The Balaban J connectivity index is 2.18. The Morgan fingerprint density at radius 1 is 1.17 bits per heavy atom. The van der Waals surface area contributed by atoms with Gasteiger partial charge in [-0.05, 0) is 24.3 Å². The fraction of sp³-hybridized carbons (Fsp3) is 0.118. The fourth-order valence-electron chi connectivity index (χ4n) is 2.04. The molecule has 0 heterocycles. The maximum atomic E-state index is 12.0. The number of carbonyl (C=O) groups is 1. The smallest absolute Gasteiger partial charge is 0.296 e. The predicted molar refractivity (Wildman–Crippen MR) is 90.3 cm³/mol. The molecule has 0 aliphatic rings. The summed E-state index contributed by atoms with van der Waals surface area (Å²) in [6, 6.07) is 11.4. The van der Waals surface area contributed by atoms with Gasteiger partial charge in [0.15, 0.2) is 0 Å². The Labute approximate surface area is 138 Å². The molecule has 7 nitrogen and oxygen atoms in total. The molecule has 0 saturated heterocycles. The zero-order chi connectivity index (χ0) is 17.5. The molecule has 124 valence electrons. The third-order valence-electron chi connectivity index (χ3n) is 3.21. The first-order valence-electron chi connectivity index (χ1n) is 6.99. The molecule has 0 aliphatic carbocycles. The van der Waals surface area contributed by atoms with E-state index in [0.29, 0.717) is 11.5 Å². The minimum absolute atomic E-state index is 0.0930. The third-order valence-corrected chi connectivity index (χ3v) is 3.21. The number of nitro benzene ring substituents is 1. The van der Waals surface area contributed by atoms with Gasteiger partial charge in [-0.2, -0.15) is 0 Å². The minimum Gasteiger partial charge on any atom is -0.496 e. The highest BCUT2D eigenvalue weighted by Crippen LogP contribution is 2.29. The number of rotatable bonds is 6. The van der Waals surface area contributed by atoms with Crippen molar-refractivity contribution in [2.45, 2.75) is 0 Å². The lowest BCUT2D eigenvalue weighted by atomic mass is 10.2. The highest BCUT2D eigenvalue weighted by atomic mass is 16.6. The van der Waals surface area contributed by atoms with Crippen LogP contribution in [0.5, 0.6) is 11.5 Å². The van der Waals surface area contributed by atoms with E-state index in [-0.39, 0.29) is 11.4 Å². The number of anilines is 1. The zero-order valence-electron chi connectivity index (χ0n) is 13.2. The van der Waals surface area contributed by atoms with Gasteiger partial charge in [0.25, 0.3) is 5.69 Å². The predicted octanol–water partition coefficient (Wildman–Crippen LogP) is 3.26. The zero-order valence-corrected chi connectivity index (χ0v) is 13.2. The summed E-state index contributed by atoms with van der Waals surface area (Å²) in [5.41, 5.74) is 0.572. The van der Waals surface area contributed by atoms with E-state index >= 15 is 0 Å². The summed E-state index contributed by atoms with van der Waals surface area (Å²) < 4.78 is 10.1. The van der Waals surface area contributed by atoms with E-state index in [1.807, 2.05) is 12.1 Å². The van der Waals surface area contributed by atoms with Crippen LogP contribution in [0.4, 0.5) is 11.4 Å². The molecular formula is C17H16N2O5. The van der Waals surface area contributed by atoms with Crippen LogP contribution in [0.2, 0.25) is 0 Å². The van der Waals surface area contributed by atoms with E-state index in [9.17, 15) is 14.9 Å². The number of methoxy groups -OCH3 is 2. The molecule has 0 radical (unpaired) electrons. The van der Waals surface area contributed by atoms with Crippen LogP contribution in [0, 0.1) is 10.1 Å². The lowest BCUT2D eigenvalue weighted by Crippen LogP contribution is -2.09. The molecule has 0 aromatic heterocycles. The monoisotopic (exact) mass is 328 g/mol. The number of hydrogen-bond donors (Lipinski definition) is 1. The standard InChI is InChI=1S/C17H16N2O5/c1-23-13-8-9-14(15(11-13)19(21)22)18-17(20)10-7-12-5-3-4-6-16(12)24-2/h3-11H,1-2H3,(H,18,20)/b10-7+. The highest BCUT2D eigenvalue weighted by molar-refractivity contribution is 6.03. The number of ether oxygens (including phenoxy) is 2. The van der Waals surface area contributed by atoms with Gasteiger partial charge in [0.05, 0.1) is 25.2 Å². The summed E-state index contributed by atoms with van der Waals surface area (Å²) in [5.74, 6) is 0.468. The number of amides is 1. The largest absolute Gasteiger partial charge is 0.496 e. The van der Waals surface area contributed by atoms with E-state index in [4.69, 9.17) is 9.47 Å². The third kappa shape index (κ3) is 4.10. The van der Waals surface area contributed by atoms with Gasteiger partial charge in [-0.1, -0.05) is 18.2 Å². The van der Waals surface area contributed by atoms with Crippen molar-refractivity contribution in [2.24, 2.45) is 0 Å². The molecule has 0 unspecified atom stereocenters. The van der Waals surface area contributed by atoms with Crippen LogP contribution in [0.3, 0.4) is 0 Å². The summed E-state index contributed by atoms with van der Waals surface area (Å²) >= 11 is 0. The summed E-state index contributed by atoms with van der Waals surface area (Å²) in [5, 5.41) is 13.6. The number of nitrogens with zero attached hydrogens (tertiary/aromatic N) is 1. The summed E-state index contributed by atoms with van der Waals surface area (Å²) in [6.45, 7) is 0. The molecule has 2 rings (SSSR count). The van der Waals surface area contributed by atoms with E-state index in [0.717, 1.165) is 5.56 Å². The minimum atomic E-state index is -0.581. The maximum absolute atomic E-state index is 12.0. The van der Waals surface area contributed by atoms with E-state index < -0.39 is 10.8 Å². The molecule has 7 heteroatoms. The Kier molecular flexibility index (Phi) is 5.51. The van der Waals surface area contributed by atoms with Crippen molar-refractivity contribution >= 4 is 23.4 Å². The number of benzene rings is 2. The number of nitrogens with one attached hydrogen (secondary N) is 1. The average Bonchev–Trinajstić information content (AvgIpc) is 2.60. The van der Waals surface area contributed by atoms with Gasteiger partial charge < -0.3 is 14.8 Å². The fourth-order valence-corrected chi connectivity index (χ4v) is 2.04. The molecule has 0 bridgehead atoms. The second-order valence-corrected chi connectivity index (χ2v) is 4.70. The first-order chi connectivity index (χ1) is 11.5. The second kappa shape index (κ2) is 7.77. The van der Waals surface area contributed by atoms with Crippen molar-refractivity contribution < 1.29 is 19.2 Å². The SMILES string of the molecule is COc1ccc(NC(=O)/C=C/c2ccccc2OC)c([N+](=O)[O-])c1. The van der Waals surface area contributed by atoms with Crippen LogP contribution in [0.15, 0.2) is 48.5 Å². The van der Waals surface area contributed by atoms with Crippen LogP contribution in [0.1, 0.15) is 5.56 Å². The van der Waals surface area contributed by atoms with Crippen LogP contribution < -0.4 is 14.8 Å². The van der Waals surface area contributed by atoms with Gasteiger partial charge in [-0.15, -0.1) is 0 Å². The Bertz CT molecular complexity index is 786. The van der Waals surface area contributed by atoms with Crippen molar-refractivity contribution in [2.75, 3.05) is 19.5 Å².